The highest BCUT2D eigenvalue weighted by atomic mass is 19.1. The topological polar surface area (TPSA) is 66.8 Å². The van der Waals surface area contributed by atoms with Gasteiger partial charge in [0.15, 0.2) is 0 Å². The minimum absolute atomic E-state index is 0.0867. The standard InChI is InChI=1S/C26H25FN6/c27-21-8-3-9-22(14-21)30-25-15-23(20-7-5-12-29-17-20)31-26(32-25)24-10-1-2-13-33(24)18-19-6-4-11-28-16-19/h3-9,11-12,14-17,24H,1-2,10,13,18H2,(H,30,31,32). The molecule has 166 valence electrons. The van der Waals surface area contributed by atoms with Crippen LogP contribution in [0.1, 0.15) is 36.7 Å². The molecule has 0 radical (unpaired) electrons. The number of nitrogens with one attached hydrogen (secondary N) is 1. The zero-order chi connectivity index (χ0) is 22.5. The Morgan fingerprint density at radius 1 is 0.939 bits per heavy atom. The molecule has 0 bridgehead atoms. The Labute approximate surface area is 192 Å². The van der Waals surface area contributed by atoms with Crippen LogP contribution >= 0.6 is 0 Å². The molecular formula is C26H25FN6. The van der Waals surface area contributed by atoms with Gasteiger partial charge in [0.2, 0.25) is 0 Å². The normalized spacial score (nSPS) is 16.5. The summed E-state index contributed by atoms with van der Waals surface area (Å²) in [6, 6.07) is 16.3. The predicted molar refractivity (Wildman–Crippen MR) is 126 cm³/mol. The second-order valence-corrected chi connectivity index (χ2v) is 8.22. The van der Waals surface area contributed by atoms with E-state index >= 15 is 0 Å². The van der Waals surface area contributed by atoms with Gasteiger partial charge in [-0.1, -0.05) is 18.6 Å². The molecule has 3 aromatic heterocycles. The lowest BCUT2D eigenvalue weighted by Gasteiger charge is -2.35. The predicted octanol–water partition coefficient (Wildman–Crippen LogP) is 5.54. The van der Waals surface area contributed by atoms with Crippen LogP contribution in [-0.4, -0.2) is 31.4 Å². The summed E-state index contributed by atoms with van der Waals surface area (Å²) in [6.07, 6.45) is 10.5. The molecule has 1 aliphatic heterocycles. The van der Waals surface area contributed by atoms with Crippen LogP contribution in [0.15, 0.2) is 79.4 Å². The average molecular weight is 441 g/mol. The summed E-state index contributed by atoms with van der Waals surface area (Å²) in [5.74, 6) is 1.10. The molecule has 33 heavy (non-hydrogen) atoms. The van der Waals surface area contributed by atoms with Crippen LogP contribution in [0.3, 0.4) is 0 Å². The van der Waals surface area contributed by atoms with Gasteiger partial charge in [0.1, 0.15) is 17.5 Å². The lowest BCUT2D eigenvalue weighted by molar-refractivity contribution is 0.134. The molecule has 0 spiro atoms. The van der Waals surface area contributed by atoms with Gasteiger partial charge in [-0.3, -0.25) is 14.9 Å². The number of nitrogens with zero attached hydrogens (tertiary/aromatic N) is 5. The maximum absolute atomic E-state index is 13.7. The Morgan fingerprint density at radius 2 is 1.82 bits per heavy atom. The Kier molecular flexibility index (Phi) is 6.30. The van der Waals surface area contributed by atoms with Crippen molar-refractivity contribution in [2.45, 2.75) is 31.8 Å². The number of pyridine rings is 2. The minimum Gasteiger partial charge on any atom is -0.340 e. The molecular weight excluding hydrogens is 415 g/mol. The largest absolute Gasteiger partial charge is 0.340 e. The monoisotopic (exact) mass is 440 g/mol. The molecule has 1 saturated heterocycles. The zero-order valence-corrected chi connectivity index (χ0v) is 18.2. The van der Waals surface area contributed by atoms with E-state index in [1.807, 2.05) is 36.5 Å². The molecule has 4 aromatic rings. The van der Waals surface area contributed by atoms with Crippen molar-refractivity contribution in [3.63, 3.8) is 0 Å². The van der Waals surface area contributed by atoms with E-state index in [9.17, 15) is 4.39 Å². The zero-order valence-electron chi connectivity index (χ0n) is 18.2. The number of piperidine rings is 1. The lowest BCUT2D eigenvalue weighted by atomic mass is 10.00. The smallest absolute Gasteiger partial charge is 0.148 e. The molecule has 1 atom stereocenters. The number of likely N-dealkylation sites (tertiary alicyclic amines) is 1. The molecule has 5 rings (SSSR count). The third-order valence-corrected chi connectivity index (χ3v) is 5.82. The van der Waals surface area contributed by atoms with Crippen molar-refractivity contribution in [3.8, 4) is 11.3 Å². The molecule has 7 heteroatoms. The van der Waals surface area contributed by atoms with Gasteiger partial charge in [0, 0.05) is 48.6 Å². The fourth-order valence-electron chi connectivity index (χ4n) is 4.25. The number of anilines is 2. The average Bonchev–Trinajstić information content (AvgIpc) is 2.85. The van der Waals surface area contributed by atoms with Gasteiger partial charge >= 0.3 is 0 Å². The third-order valence-electron chi connectivity index (χ3n) is 5.82. The number of halogens is 1. The second kappa shape index (κ2) is 9.83. The molecule has 1 aromatic carbocycles. The highest BCUT2D eigenvalue weighted by molar-refractivity contribution is 5.65. The van der Waals surface area contributed by atoms with Crippen LogP contribution in [0, 0.1) is 5.82 Å². The van der Waals surface area contributed by atoms with E-state index < -0.39 is 0 Å². The van der Waals surface area contributed by atoms with Crippen LogP contribution in [0.25, 0.3) is 11.3 Å². The third kappa shape index (κ3) is 5.21. The van der Waals surface area contributed by atoms with Crippen molar-refractivity contribution in [1.29, 1.82) is 0 Å². The van der Waals surface area contributed by atoms with Crippen molar-refractivity contribution >= 4 is 11.5 Å². The van der Waals surface area contributed by atoms with Crippen LogP contribution < -0.4 is 5.32 Å². The molecule has 0 aliphatic carbocycles. The number of benzene rings is 1. The maximum atomic E-state index is 13.7. The summed E-state index contributed by atoms with van der Waals surface area (Å²) in [7, 11) is 0. The van der Waals surface area contributed by atoms with Crippen molar-refractivity contribution in [3.05, 3.63) is 96.6 Å². The summed E-state index contributed by atoms with van der Waals surface area (Å²) in [5.41, 5.74) is 3.52. The van der Waals surface area contributed by atoms with Gasteiger partial charge in [-0.25, -0.2) is 14.4 Å². The van der Waals surface area contributed by atoms with Gasteiger partial charge in [0.25, 0.3) is 0 Å². The lowest BCUT2D eigenvalue weighted by Crippen LogP contribution is -2.34. The van der Waals surface area contributed by atoms with E-state index in [2.05, 4.69) is 26.3 Å². The Balaban J connectivity index is 1.51. The molecule has 1 unspecified atom stereocenters. The van der Waals surface area contributed by atoms with Gasteiger partial charge in [-0.2, -0.15) is 0 Å². The number of rotatable bonds is 6. The maximum Gasteiger partial charge on any atom is 0.148 e. The molecule has 1 aliphatic rings. The molecule has 1 fully saturated rings. The summed E-state index contributed by atoms with van der Waals surface area (Å²) in [5, 5.41) is 3.26. The first-order valence-electron chi connectivity index (χ1n) is 11.2. The van der Waals surface area contributed by atoms with E-state index in [-0.39, 0.29) is 11.9 Å². The van der Waals surface area contributed by atoms with Gasteiger partial charge in [0.05, 0.1) is 11.7 Å². The van der Waals surface area contributed by atoms with E-state index in [4.69, 9.17) is 9.97 Å². The van der Waals surface area contributed by atoms with Gasteiger partial charge in [-0.15, -0.1) is 0 Å². The second-order valence-electron chi connectivity index (χ2n) is 8.22. The number of hydrogen-bond donors (Lipinski definition) is 1. The SMILES string of the molecule is Fc1cccc(Nc2cc(-c3cccnc3)nc(C3CCCCN3Cc3cccnc3)n2)c1. The highest BCUT2D eigenvalue weighted by Crippen LogP contribution is 2.33. The summed E-state index contributed by atoms with van der Waals surface area (Å²) < 4.78 is 13.7. The quantitative estimate of drug-likeness (QED) is 0.424. The van der Waals surface area contributed by atoms with E-state index in [1.165, 1.54) is 17.7 Å². The fourth-order valence-corrected chi connectivity index (χ4v) is 4.25. The van der Waals surface area contributed by atoms with Crippen molar-refractivity contribution < 1.29 is 4.39 Å². The van der Waals surface area contributed by atoms with Crippen LogP contribution in [0.2, 0.25) is 0 Å². The van der Waals surface area contributed by atoms with Crippen LogP contribution in [-0.2, 0) is 6.54 Å². The first-order chi connectivity index (χ1) is 16.2. The Morgan fingerprint density at radius 3 is 2.61 bits per heavy atom. The van der Waals surface area contributed by atoms with Crippen molar-refractivity contribution in [2.24, 2.45) is 0 Å². The molecule has 4 heterocycles. The molecule has 0 saturated carbocycles. The highest BCUT2D eigenvalue weighted by Gasteiger charge is 2.27. The van der Waals surface area contributed by atoms with Gasteiger partial charge in [-0.05, 0) is 61.3 Å². The summed E-state index contributed by atoms with van der Waals surface area (Å²) >= 11 is 0. The number of aromatic nitrogens is 4. The first kappa shape index (κ1) is 21.2. The minimum atomic E-state index is -0.295. The van der Waals surface area contributed by atoms with E-state index in [0.717, 1.165) is 49.4 Å². The van der Waals surface area contributed by atoms with Crippen LogP contribution in [0.5, 0.6) is 0 Å². The van der Waals surface area contributed by atoms with Gasteiger partial charge < -0.3 is 5.32 Å². The molecule has 1 N–H and O–H groups in total. The van der Waals surface area contributed by atoms with Crippen molar-refractivity contribution in [1.82, 2.24) is 24.8 Å². The van der Waals surface area contributed by atoms with Crippen LogP contribution in [0.4, 0.5) is 15.9 Å². The van der Waals surface area contributed by atoms with E-state index in [0.29, 0.717) is 11.5 Å². The fraction of sp³-hybridized carbons (Fsp3) is 0.231. The number of hydrogen-bond acceptors (Lipinski definition) is 6. The summed E-state index contributed by atoms with van der Waals surface area (Å²) in [6.45, 7) is 1.78. The Hall–Kier alpha value is -3.71. The molecule has 0 amide bonds. The van der Waals surface area contributed by atoms with E-state index in [1.54, 1.807) is 24.7 Å². The summed E-state index contributed by atoms with van der Waals surface area (Å²) in [4.78, 5) is 20.8. The Bertz CT molecular complexity index is 1200. The van der Waals surface area contributed by atoms with Crippen molar-refractivity contribution in [2.75, 3.05) is 11.9 Å². The first-order valence-corrected chi connectivity index (χ1v) is 11.2. The molecule has 6 nitrogen and oxygen atoms in total.